The molecule has 19 heavy (non-hydrogen) atoms. The molecule has 2 rings (SSSR count). The molecule has 0 bridgehead atoms. The average molecular weight is 257 g/mol. The summed E-state index contributed by atoms with van der Waals surface area (Å²) in [4.78, 5) is 11.9. The number of rotatable bonds is 6. The van der Waals surface area contributed by atoms with E-state index in [0.717, 1.165) is 11.3 Å². The van der Waals surface area contributed by atoms with Crippen molar-refractivity contribution in [2.75, 3.05) is 0 Å². The summed E-state index contributed by atoms with van der Waals surface area (Å²) in [5.74, 6) is 0.185. The zero-order valence-corrected chi connectivity index (χ0v) is 11.1. The Bertz CT molecular complexity index is 533. The van der Waals surface area contributed by atoms with E-state index in [1.807, 2.05) is 49.6 Å². The van der Waals surface area contributed by atoms with Gasteiger partial charge in [0.05, 0.1) is 12.1 Å². The van der Waals surface area contributed by atoms with Crippen LogP contribution >= 0.6 is 0 Å². The van der Waals surface area contributed by atoms with Crippen LogP contribution in [0.4, 0.5) is 0 Å². The maximum atomic E-state index is 11.9. The summed E-state index contributed by atoms with van der Waals surface area (Å²) in [6.45, 7) is 0. The van der Waals surface area contributed by atoms with Gasteiger partial charge in [-0.3, -0.25) is 9.48 Å². The van der Waals surface area contributed by atoms with E-state index in [-0.39, 0.29) is 11.8 Å². The largest absolute Gasteiger partial charge is 0.324 e. The van der Waals surface area contributed by atoms with Crippen molar-refractivity contribution in [1.29, 1.82) is 0 Å². The first-order valence-electron chi connectivity index (χ1n) is 6.46. The van der Waals surface area contributed by atoms with Crippen molar-refractivity contribution in [2.24, 2.45) is 12.8 Å². The van der Waals surface area contributed by atoms with E-state index in [1.165, 1.54) is 0 Å². The van der Waals surface area contributed by atoms with E-state index in [9.17, 15) is 4.79 Å². The Hall–Kier alpha value is -1.94. The molecule has 0 aliphatic carbocycles. The van der Waals surface area contributed by atoms with Gasteiger partial charge in [0.1, 0.15) is 5.78 Å². The Labute approximate surface area is 113 Å². The van der Waals surface area contributed by atoms with Crippen LogP contribution in [0.15, 0.2) is 42.6 Å². The SMILES string of the molecule is Cn1ccc(CC(=O)CCC(N)c2ccccc2)n1. The van der Waals surface area contributed by atoms with Crippen LogP contribution in [0.3, 0.4) is 0 Å². The molecule has 2 N–H and O–H groups in total. The summed E-state index contributed by atoms with van der Waals surface area (Å²) in [5, 5.41) is 4.20. The number of carbonyl (C=O) groups is 1. The number of aromatic nitrogens is 2. The van der Waals surface area contributed by atoms with Crippen LogP contribution in [0, 0.1) is 0 Å². The quantitative estimate of drug-likeness (QED) is 0.861. The molecule has 0 amide bonds. The fourth-order valence-corrected chi connectivity index (χ4v) is 2.03. The summed E-state index contributed by atoms with van der Waals surface area (Å²) >= 11 is 0. The van der Waals surface area contributed by atoms with Gasteiger partial charge in [-0.1, -0.05) is 30.3 Å². The lowest BCUT2D eigenvalue weighted by atomic mass is 10.0. The number of Topliss-reactive ketones (excluding diaryl/α,β-unsaturated/α-hetero) is 1. The molecule has 1 atom stereocenters. The molecule has 0 spiro atoms. The van der Waals surface area contributed by atoms with E-state index in [4.69, 9.17) is 5.73 Å². The molecule has 100 valence electrons. The molecule has 0 aliphatic rings. The lowest BCUT2D eigenvalue weighted by Crippen LogP contribution is -2.13. The lowest BCUT2D eigenvalue weighted by molar-refractivity contribution is -0.118. The molecule has 0 aliphatic heterocycles. The minimum atomic E-state index is -0.0751. The average Bonchev–Trinajstić information content (AvgIpc) is 2.82. The van der Waals surface area contributed by atoms with Gasteiger partial charge in [-0.05, 0) is 18.1 Å². The van der Waals surface area contributed by atoms with Gasteiger partial charge in [0.25, 0.3) is 0 Å². The molecule has 4 nitrogen and oxygen atoms in total. The molecule has 0 saturated heterocycles. The fraction of sp³-hybridized carbons (Fsp3) is 0.333. The number of ketones is 1. The molecule has 0 radical (unpaired) electrons. The first kappa shape index (κ1) is 13.5. The van der Waals surface area contributed by atoms with Gasteiger partial charge in [-0.15, -0.1) is 0 Å². The second-order valence-electron chi connectivity index (χ2n) is 4.75. The number of carbonyl (C=O) groups excluding carboxylic acids is 1. The Morgan fingerprint density at radius 3 is 2.68 bits per heavy atom. The van der Waals surface area contributed by atoms with Crippen molar-refractivity contribution in [3.63, 3.8) is 0 Å². The van der Waals surface area contributed by atoms with Crippen LogP contribution in [0.5, 0.6) is 0 Å². The predicted octanol–water partition coefficient (Wildman–Crippen LogP) is 2.01. The van der Waals surface area contributed by atoms with Crippen LogP contribution in [0.2, 0.25) is 0 Å². The Balaban J connectivity index is 1.80. The Morgan fingerprint density at radius 2 is 2.05 bits per heavy atom. The molecule has 1 aromatic heterocycles. The molecular weight excluding hydrogens is 238 g/mol. The van der Waals surface area contributed by atoms with E-state index in [0.29, 0.717) is 19.3 Å². The monoisotopic (exact) mass is 257 g/mol. The minimum Gasteiger partial charge on any atom is -0.324 e. The van der Waals surface area contributed by atoms with Crippen molar-refractivity contribution in [3.8, 4) is 0 Å². The standard InChI is InChI=1S/C15H19N3O/c1-18-10-9-13(17-18)11-14(19)7-8-15(16)12-5-3-2-4-6-12/h2-6,9-10,15H,7-8,11,16H2,1H3. The predicted molar refractivity (Wildman–Crippen MR) is 74.5 cm³/mol. The first-order chi connectivity index (χ1) is 9.15. The number of nitrogens with two attached hydrogens (primary N) is 1. The highest BCUT2D eigenvalue weighted by Gasteiger charge is 2.10. The van der Waals surface area contributed by atoms with Gasteiger partial charge in [-0.2, -0.15) is 5.10 Å². The van der Waals surface area contributed by atoms with Crippen molar-refractivity contribution in [2.45, 2.75) is 25.3 Å². The zero-order chi connectivity index (χ0) is 13.7. The summed E-state index contributed by atoms with van der Waals surface area (Å²) in [6, 6.07) is 11.7. The number of hydrogen-bond acceptors (Lipinski definition) is 3. The summed E-state index contributed by atoms with van der Waals surface area (Å²) < 4.78 is 1.71. The van der Waals surface area contributed by atoms with Gasteiger partial charge < -0.3 is 5.73 Å². The van der Waals surface area contributed by atoms with Crippen LogP contribution < -0.4 is 5.73 Å². The van der Waals surface area contributed by atoms with Crippen LogP contribution in [0.1, 0.15) is 30.1 Å². The summed E-state index contributed by atoms with van der Waals surface area (Å²) in [7, 11) is 1.85. The van der Waals surface area contributed by atoms with Crippen molar-refractivity contribution >= 4 is 5.78 Å². The molecule has 1 heterocycles. The van der Waals surface area contributed by atoms with E-state index < -0.39 is 0 Å². The summed E-state index contributed by atoms with van der Waals surface area (Å²) in [5.41, 5.74) is 7.97. The Kier molecular flexibility index (Phi) is 4.47. The van der Waals surface area contributed by atoms with Crippen molar-refractivity contribution in [1.82, 2.24) is 9.78 Å². The molecular formula is C15H19N3O. The summed E-state index contributed by atoms with van der Waals surface area (Å²) in [6.07, 6.45) is 3.41. The maximum Gasteiger partial charge on any atom is 0.138 e. The van der Waals surface area contributed by atoms with Gasteiger partial charge in [-0.25, -0.2) is 0 Å². The highest BCUT2D eigenvalue weighted by atomic mass is 16.1. The second-order valence-corrected chi connectivity index (χ2v) is 4.75. The molecule has 4 heteroatoms. The van der Waals surface area contributed by atoms with Gasteiger partial charge in [0.2, 0.25) is 0 Å². The zero-order valence-electron chi connectivity index (χ0n) is 11.1. The van der Waals surface area contributed by atoms with Crippen LogP contribution in [-0.4, -0.2) is 15.6 Å². The smallest absolute Gasteiger partial charge is 0.138 e. The van der Waals surface area contributed by atoms with Crippen molar-refractivity contribution in [3.05, 3.63) is 53.9 Å². The second kappa shape index (κ2) is 6.29. The number of nitrogens with zero attached hydrogens (tertiary/aromatic N) is 2. The van der Waals surface area contributed by atoms with E-state index >= 15 is 0 Å². The third-order valence-electron chi connectivity index (χ3n) is 3.11. The minimum absolute atomic E-state index is 0.0751. The third kappa shape index (κ3) is 4.03. The molecule has 0 fully saturated rings. The number of hydrogen-bond donors (Lipinski definition) is 1. The lowest BCUT2D eigenvalue weighted by Gasteiger charge is -2.10. The Morgan fingerprint density at radius 1 is 1.32 bits per heavy atom. The van der Waals surface area contributed by atoms with Gasteiger partial charge in [0.15, 0.2) is 0 Å². The topological polar surface area (TPSA) is 60.9 Å². The highest BCUT2D eigenvalue weighted by molar-refractivity contribution is 5.80. The first-order valence-corrected chi connectivity index (χ1v) is 6.46. The van der Waals surface area contributed by atoms with Crippen molar-refractivity contribution < 1.29 is 4.79 Å². The van der Waals surface area contributed by atoms with Crippen LogP contribution in [0.25, 0.3) is 0 Å². The number of aryl methyl sites for hydroxylation is 1. The fourth-order valence-electron chi connectivity index (χ4n) is 2.03. The highest BCUT2D eigenvalue weighted by Crippen LogP contribution is 2.15. The molecule has 1 unspecified atom stereocenters. The van der Waals surface area contributed by atoms with E-state index in [1.54, 1.807) is 4.68 Å². The van der Waals surface area contributed by atoms with E-state index in [2.05, 4.69) is 5.10 Å². The van der Waals surface area contributed by atoms with Crippen LogP contribution in [-0.2, 0) is 18.3 Å². The normalized spacial score (nSPS) is 12.3. The number of benzene rings is 1. The third-order valence-corrected chi connectivity index (χ3v) is 3.11. The van der Waals surface area contributed by atoms with Gasteiger partial charge >= 0.3 is 0 Å². The molecule has 2 aromatic rings. The van der Waals surface area contributed by atoms with Gasteiger partial charge in [0, 0.05) is 25.7 Å². The molecule has 0 saturated carbocycles. The molecule has 1 aromatic carbocycles. The maximum absolute atomic E-state index is 11.9.